The van der Waals surface area contributed by atoms with Crippen molar-refractivity contribution >= 4 is 22.5 Å². The number of halogens is 1. The lowest BCUT2D eigenvalue weighted by Gasteiger charge is -2.05. The molecule has 0 aliphatic heterocycles. The predicted octanol–water partition coefficient (Wildman–Crippen LogP) is 4.30. The molecule has 0 aliphatic carbocycles. The average Bonchev–Trinajstić information content (AvgIpc) is 2.46. The van der Waals surface area contributed by atoms with Gasteiger partial charge in [0, 0.05) is 22.8 Å². The minimum atomic E-state index is 0.490. The zero-order valence-corrected chi connectivity index (χ0v) is 11.9. The summed E-state index contributed by atoms with van der Waals surface area (Å²) in [7, 11) is 0. The Morgan fingerprint density at radius 2 is 2.00 bits per heavy atom. The highest BCUT2D eigenvalue weighted by Crippen LogP contribution is 2.22. The van der Waals surface area contributed by atoms with Gasteiger partial charge in [0.1, 0.15) is 5.15 Å². The molecule has 3 aromatic rings. The van der Waals surface area contributed by atoms with Crippen LogP contribution >= 0.6 is 11.6 Å². The Balaban J connectivity index is 2.10. The van der Waals surface area contributed by atoms with Crippen LogP contribution in [0.1, 0.15) is 19.0 Å². The van der Waals surface area contributed by atoms with E-state index in [1.54, 1.807) is 6.20 Å². The summed E-state index contributed by atoms with van der Waals surface area (Å²) in [5, 5.41) is 1.57. The number of pyridine rings is 1. The third-order valence-electron chi connectivity index (χ3n) is 3.12. The maximum atomic E-state index is 6.09. The largest absolute Gasteiger partial charge is 0.256 e. The maximum Gasteiger partial charge on any atom is 0.161 e. The van der Waals surface area contributed by atoms with Crippen LogP contribution in [0.5, 0.6) is 0 Å². The summed E-state index contributed by atoms with van der Waals surface area (Å²) in [5.74, 6) is 0.673. The topological polar surface area (TPSA) is 38.7 Å². The number of hydrogen-bond acceptors (Lipinski definition) is 3. The van der Waals surface area contributed by atoms with Crippen molar-refractivity contribution in [1.29, 1.82) is 0 Å². The first-order valence-electron chi connectivity index (χ1n) is 6.65. The SMILES string of the molecule is CCCc1cc(Cl)nc(-c2ccc3ncccc3c2)n1. The second-order valence-corrected chi connectivity index (χ2v) is 5.05. The fourth-order valence-electron chi connectivity index (χ4n) is 2.19. The van der Waals surface area contributed by atoms with E-state index in [1.165, 1.54) is 0 Å². The summed E-state index contributed by atoms with van der Waals surface area (Å²) in [5.41, 5.74) is 2.91. The van der Waals surface area contributed by atoms with Gasteiger partial charge in [-0.3, -0.25) is 4.98 Å². The third-order valence-corrected chi connectivity index (χ3v) is 3.31. The Hall–Kier alpha value is -2.00. The van der Waals surface area contributed by atoms with Crippen LogP contribution in [-0.2, 0) is 6.42 Å². The van der Waals surface area contributed by atoms with E-state index in [1.807, 2.05) is 36.4 Å². The highest BCUT2D eigenvalue weighted by atomic mass is 35.5. The molecule has 0 N–H and O–H groups in total. The Morgan fingerprint density at radius 1 is 1.10 bits per heavy atom. The number of hydrogen-bond donors (Lipinski definition) is 0. The van der Waals surface area contributed by atoms with Crippen LogP contribution in [0, 0.1) is 0 Å². The van der Waals surface area contributed by atoms with E-state index < -0.39 is 0 Å². The highest BCUT2D eigenvalue weighted by molar-refractivity contribution is 6.29. The van der Waals surface area contributed by atoms with Gasteiger partial charge in [-0.25, -0.2) is 9.97 Å². The number of aryl methyl sites for hydroxylation is 1. The third kappa shape index (κ3) is 2.63. The summed E-state index contributed by atoms with van der Waals surface area (Å²) < 4.78 is 0. The molecule has 100 valence electrons. The number of fused-ring (bicyclic) bond motifs is 1. The van der Waals surface area contributed by atoms with Gasteiger partial charge < -0.3 is 0 Å². The second-order valence-electron chi connectivity index (χ2n) is 4.67. The van der Waals surface area contributed by atoms with Crippen LogP contribution in [-0.4, -0.2) is 15.0 Å². The molecule has 20 heavy (non-hydrogen) atoms. The van der Waals surface area contributed by atoms with Crippen molar-refractivity contribution in [2.24, 2.45) is 0 Å². The molecule has 0 spiro atoms. The lowest BCUT2D eigenvalue weighted by atomic mass is 10.1. The molecule has 3 rings (SSSR count). The van der Waals surface area contributed by atoms with E-state index >= 15 is 0 Å². The molecular formula is C16H14ClN3. The van der Waals surface area contributed by atoms with Crippen molar-refractivity contribution in [3.8, 4) is 11.4 Å². The second kappa shape index (κ2) is 5.55. The maximum absolute atomic E-state index is 6.09. The smallest absolute Gasteiger partial charge is 0.161 e. The first-order chi connectivity index (χ1) is 9.76. The Bertz CT molecular complexity index is 756. The van der Waals surface area contributed by atoms with E-state index in [0.29, 0.717) is 11.0 Å². The van der Waals surface area contributed by atoms with E-state index in [0.717, 1.165) is 35.0 Å². The van der Waals surface area contributed by atoms with E-state index in [-0.39, 0.29) is 0 Å². The van der Waals surface area contributed by atoms with Gasteiger partial charge in [0.05, 0.1) is 5.52 Å². The fraction of sp³-hybridized carbons (Fsp3) is 0.188. The van der Waals surface area contributed by atoms with Crippen molar-refractivity contribution < 1.29 is 0 Å². The van der Waals surface area contributed by atoms with Crippen LogP contribution in [0.25, 0.3) is 22.3 Å². The molecule has 0 unspecified atom stereocenters. The summed E-state index contributed by atoms with van der Waals surface area (Å²) in [6.45, 7) is 2.12. The van der Waals surface area contributed by atoms with Crippen molar-refractivity contribution in [2.75, 3.05) is 0 Å². The van der Waals surface area contributed by atoms with Gasteiger partial charge in [-0.15, -0.1) is 0 Å². The summed E-state index contributed by atoms with van der Waals surface area (Å²) in [6.07, 6.45) is 3.73. The molecule has 0 fully saturated rings. The van der Waals surface area contributed by atoms with Crippen LogP contribution < -0.4 is 0 Å². The normalized spacial score (nSPS) is 10.9. The average molecular weight is 284 g/mol. The van der Waals surface area contributed by atoms with Gasteiger partial charge in [-0.2, -0.15) is 0 Å². The quantitative estimate of drug-likeness (QED) is 0.673. The molecular weight excluding hydrogens is 270 g/mol. The number of aromatic nitrogens is 3. The van der Waals surface area contributed by atoms with E-state index in [2.05, 4.69) is 21.9 Å². The van der Waals surface area contributed by atoms with Gasteiger partial charge in [-0.05, 0) is 36.8 Å². The zero-order valence-electron chi connectivity index (χ0n) is 11.2. The molecule has 0 saturated carbocycles. The number of nitrogens with zero attached hydrogens (tertiary/aromatic N) is 3. The van der Waals surface area contributed by atoms with Crippen molar-refractivity contribution in [3.05, 3.63) is 53.4 Å². The fourth-order valence-corrected chi connectivity index (χ4v) is 2.40. The van der Waals surface area contributed by atoms with Crippen LogP contribution in [0.2, 0.25) is 5.15 Å². The monoisotopic (exact) mass is 283 g/mol. The highest BCUT2D eigenvalue weighted by Gasteiger charge is 2.06. The molecule has 0 amide bonds. The van der Waals surface area contributed by atoms with Crippen molar-refractivity contribution in [1.82, 2.24) is 15.0 Å². The first kappa shape index (κ1) is 13.0. The summed E-state index contributed by atoms with van der Waals surface area (Å²) in [6, 6.07) is 11.8. The van der Waals surface area contributed by atoms with E-state index in [9.17, 15) is 0 Å². The van der Waals surface area contributed by atoms with Gasteiger partial charge in [0.15, 0.2) is 5.82 Å². The lowest BCUT2D eigenvalue weighted by molar-refractivity contribution is 0.875. The van der Waals surface area contributed by atoms with Crippen LogP contribution in [0.3, 0.4) is 0 Å². The molecule has 0 radical (unpaired) electrons. The molecule has 0 aliphatic rings. The minimum absolute atomic E-state index is 0.490. The van der Waals surface area contributed by atoms with Crippen LogP contribution in [0.4, 0.5) is 0 Å². The zero-order chi connectivity index (χ0) is 13.9. The Labute approximate surface area is 122 Å². The van der Waals surface area contributed by atoms with Crippen molar-refractivity contribution in [2.45, 2.75) is 19.8 Å². The summed E-state index contributed by atoms with van der Waals surface area (Å²) in [4.78, 5) is 13.2. The lowest BCUT2D eigenvalue weighted by Crippen LogP contribution is -1.96. The molecule has 4 heteroatoms. The summed E-state index contributed by atoms with van der Waals surface area (Å²) >= 11 is 6.09. The molecule has 2 aromatic heterocycles. The first-order valence-corrected chi connectivity index (χ1v) is 7.02. The Morgan fingerprint density at radius 3 is 2.85 bits per heavy atom. The molecule has 2 heterocycles. The number of benzene rings is 1. The van der Waals surface area contributed by atoms with Crippen molar-refractivity contribution in [3.63, 3.8) is 0 Å². The predicted molar refractivity (Wildman–Crippen MR) is 81.8 cm³/mol. The van der Waals surface area contributed by atoms with Gasteiger partial charge in [0.25, 0.3) is 0 Å². The minimum Gasteiger partial charge on any atom is -0.256 e. The standard InChI is InChI=1S/C16H14ClN3/c1-2-4-13-10-15(17)20-16(19-13)12-6-7-14-11(9-12)5-3-8-18-14/h3,5-10H,2,4H2,1H3. The molecule has 0 atom stereocenters. The van der Waals surface area contributed by atoms with Gasteiger partial charge in [-0.1, -0.05) is 31.0 Å². The molecule has 0 bridgehead atoms. The molecule has 1 aromatic carbocycles. The van der Waals surface area contributed by atoms with E-state index in [4.69, 9.17) is 11.6 Å². The molecule has 0 saturated heterocycles. The number of rotatable bonds is 3. The van der Waals surface area contributed by atoms with Gasteiger partial charge in [0.2, 0.25) is 0 Å². The van der Waals surface area contributed by atoms with Gasteiger partial charge >= 0.3 is 0 Å². The van der Waals surface area contributed by atoms with Crippen LogP contribution in [0.15, 0.2) is 42.6 Å². The Kier molecular flexibility index (Phi) is 3.61. The molecule has 3 nitrogen and oxygen atoms in total.